The Bertz CT molecular complexity index is 1350. The molecule has 7 nitrogen and oxygen atoms in total. The summed E-state index contributed by atoms with van der Waals surface area (Å²) in [6.07, 6.45) is 15.0. The lowest BCUT2D eigenvalue weighted by molar-refractivity contribution is 0.0981. The summed E-state index contributed by atoms with van der Waals surface area (Å²) in [4.78, 5) is 19.6. The summed E-state index contributed by atoms with van der Waals surface area (Å²) in [7, 11) is -3.66. The van der Waals surface area contributed by atoms with E-state index >= 15 is 0 Å². The molecule has 2 heterocycles. The minimum Gasteiger partial charge on any atom is -0.384 e. The summed E-state index contributed by atoms with van der Waals surface area (Å²) in [6.45, 7) is 5.21. The van der Waals surface area contributed by atoms with Crippen LogP contribution in [0.2, 0.25) is 5.02 Å². The number of carbonyl (C=O) groups is 1. The Balaban J connectivity index is 0.000000631. The molecule has 0 radical (unpaired) electrons. The van der Waals surface area contributed by atoms with Gasteiger partial charge in [-0.05, 0) is 49.6 Å². The van der Waals surface area contributed by atoms with Gasteiger partial charge in [-0.1, -0.05) is 75.6 Å². The first kappa shape index (κ1) is 30.9. The lowest BCUT2D eigenvalue weighted by atomic mass is 9.98. The molecule has 4 rings (SSSR count). The van der Waals surface area contributed by atoms with Gasteiger partial charge in [-0.15, -0.1) is 0 Å². The predicted octanol–water partition coefficient (Wildman–Crippen LogP) is 7.54. The van der Waals surface area contributed by atoms with Crippen LogP contribution in [0.5, 0.6) is 0 Å². The maximum absolute atomic E-state index is 13.3. The highest BCUT2D eigenvalue weighted by molar-refractivity contribution is 7.85. The molecule has 0 bridgehead atoms. The van der Waals surface area contributed by atoms with Gasteiger partial charge in [0.15, 0.2) is 0 Å². The van der Waals surface area contributed by atoms with Crippen LogP contribution in [-0.2, 0) is 16.5 Å². The molecular formula is C30H40ClN3O4S. The largest absolute Gasteiger partial charge is 0.384 e. The van der Waals surface area contributed by atoms with Gasteiger partial charge in [0.2, 0.25) is 0 Å². The second-order valence-electron chi connectivity index (χ2n) is 9.84. The highest BCUT2D eigenvalue weighted by Gasteiger charge is 2.27. The van der Waals surface area contributed by atoms with Crippen LogP contribution in [0, 0.1) is 0 Å². The maximum atomic E-state index is 13.3. The molecule has 1 aliphatic rings. The van der Waals surface area contributed by atoms with E-state index in [9.17, 15) is 13.2 Å². The molecule has 9 heteroatoms. The number of unbranched alkanes of at least 4 members (excludes halogenated alkanes) is 7. The molecule has 0 spiro atoms. The van der Waals surface area contributed by atoms with E-state index in [4.69, 9.17) is 16.2 Å². The van der Waals surface area contributed by atoms with Crippen molar-refractivity contribution in [3.8, 4) is 0 Å². The first-order chi connectivity index (χ1) is 18.7. The van der Waals surface area contributed by atoms with Gasteiger partial charge in [-0.25, -0.2) is 0 Å². The van der Waals surface area contributed by atoms with Crippen molar-refractivity contribution < 1.29 is 17.8 Å². The molecule has 1 amide bonds. The van der Waals surface area contributed by atoms with E-state index in [1.165, 1.54) is 58.3 Å². The highest BCUT2D eigenvalue weighted by Crippen LogP contribution is 2.34. The normalized spacial score (nSPS) is 13.1. The minimum absolute atomic E-state index is 0.0134. The van der Waals surface area contributed by atoms with Crippen molar-refractivity contribution in [2.75, 3.05) is 29.1 Å². The Morgan fingerprint density at radius 1 is 0.974 bits per heavy atom. The standard InChI is InChI=1S/C28H34ClN3O.C2H6O3S/c1-2-3-4-5-6-7-8-9-16-31-26-12-10-11-24-25(26)19-30-20-27(24)32-17-15-21-18-22(29)13-14-23(21)28(32)33;1-2-6(3,4)5/h10-14,18-20,31H,2-9,15-17H2,1H3;2H2,1H3,(H,3,4,5). The van der Waals surface area contributed by atoms with E-state index in [0.717, 1.165) is 46.2 Å². The fraction of sp³-hybridized carbons (Fsp3) is 0.467. The quantitative estimate of drug-likeness (QED) is 0.171. The lowest BCUT2D eigenvalue weighted by Crippen LogP contribution is -2.37. The van der Waals surface area contributed by atoms with Gasteiger partial charge in [0.1, 0.15) is 0 Å². The third-order valence-corrected chi connectivity index (χ3v) is 7.90. The summed E-state index contributed by atoms with van der Waals surface area (Å²) < 4.78 is 26.9. The van der Waals surface area contributed by atoms with Gasteiger partial charge >= 0.3 is 0 Å². The number of pyridine rings is 1. The Hall–Kier alpha value is -2.68. The fourth-order valence-corrected chi connectivity index (χ4v) is 4.91. The van der Waals surface area contributed by atoms with Crippen LogP contribution in [0.25, 0.3) is 10.8 Å². The summed E-state index contributed by atoms with van der Waals surface area (Å²) >= 11 is 6.13. The van der Waals surface area contributed by atoms with Crippen molar-refractivity contribution in [2.45, 2.75) is 71.6 Å². The molecule has 1 aliphatic heterocycles. The van der Waals surface area contributed by atoms with Crippen LogP contribution in [-0.4, -0.2) is 42.7 Å². The van der Waals surface area contributed by atoms with Crippen LogP contribution >= 0.6 is 11.6 Å². The summed E-state index contributed by atoms with van der Waals surface area (Å²) in [6, 6.07) is 11.8. The Morgan fingerprint density at radius 2 is 1.67 bits per heavy atom. The lowest BCUT2D eigenvalue weighted by Gasteiger charge is -2.29. The van der Waals surface area contributed by atoms with Crippen molar-refractivity contribution >= 4 is 49.8 Å². The number of carbonyl (C=O) groups excluding carboxylic acids is 1. The second kappa shape index (κ2) is 15.2. The van der Waals surface area contributed by atoms with Gasteiger partial charge < -0.3 is 10.2 Å². The number of nitrogens with one attached hydrogen (secondary N) is 1. The van der Waals surface area contributed by atoms with Crippen LogP contribution in [0.3, 0.4) is 0 Å². The van der Waals surface area contributed by atoms with Gasteiger partial charge in [-0.2, -0.15) is 8.42 Å². The third-order valence-electron chi connectivity index (χ3n) is 6.93. The Labute approximate surface area is 237 Å². The molecule has 3 aromatic rings. The second-order valence-corrected chi connectivity index (χ2v) is 12.0. The molecule has 212 valence electrons. The number of anilines is 2. The van der Waals surface area contributed by atoms with Crippen LogP contribution in [0.4, 0.5) is 11.4 Å². The topological polar surface area (TPSA) is 99.6 Å². The number of amides is 1. The smallest absolute Gasteiger partial charge is 0.264 e. The average molecular weight is 574 g/mol. The van der Waals surface area contributed by atoms with Crippen molar-refractivity contribution in [3.63, 3.8) is 0 Å². The molecule has 0 unspecified atom stereocenters. The summed E-state index contributed by atoms with van der Waals surface area (Å²) in [5, 5.41) is 6.39. The predicted molar refractivity (Wildman–Crippen MR) is 162 cm³/mol. The van der Waals surface area contributed by atoms with Gasteiger partial charge in [0.05, 0.1) is 17.6 Å². The number of halogens is 1. The first-order valence-corrected chi connectivity index (χ1v) is 15.9. The monoisotopic (exact) mass is 573 g/mol. The van der Waals surface area contributed by atoms with Crippen molar-refractivity contribution in [1.82, 2.24) is 4.98 Å². The van der Waals surface area contributed by atoms with Crippen LogP contribution in [0.1, 0.15) is 81.1 Å². The molecule has 2 aromatic carbocycles. The van der Waals surface area contributed by atoms with E-state index in [2.05, 4.69) is 35.4 Å². The fourth-order valence-electron chi connectivity index (χ4n) is 4.72. The molecular weight excluding hydrogens is 534 g/mol. The molecule has 1 aromatic heterocycles. The van der Waals surface area contributed by atoms with Gasteiger partial charge in [0, 0.05) is 46.3 Å². The first-order valence-electron chi connectivity index (χ1n) is 13.9. The number of rotatable bonds is 12. The number of nitrogens with zero attached hydrogens (tertiary/aromatic N) is 2. The van der Waals surface area contributed by atoms with Crippen molar-refractivity contribution in [2.24, 2.45) is 0 Å². The zero-order valence-corrected chi connectivity index (χ0v) is 24.5. The maximum Gasteiger partial charge on any atom is 0.264 e. The Morgan fingerprint density at radius 3 is 2.36 bits per heavy atom. The Kier molecular flexibility index (Phi) is 12.0. The van der Waals surface area contributed by atoms with Crippen LogP contribution in [0.15, 0.2) is 48.8 Å². The van der Waals surface area contributed by atoms with E-state index in [1.54, 1.807) is 6.07 Å². The third kappa shape index (κ3) is 9.19. The molecule has 39 heavy (non-hydrogen) atoms. The number of hydrogen-bond donors (Lipinski definition) is 2. The summed E-state index contributed by atoms with van der Waals surface area (Å²) in [5.41, 5.74) is 3.70. The van der Waals surface area contributed by atoms with E-state index in [0.29, 0.717) is 11.6 Å². The van der Waals surface area contributed by atoms with Crippen molar-refractivity contribution in [3.05, 3.63) is 64.9 Å². The number of fused-ring (bicyclic) bond motifs is 2. The molecule has 0 fully saturated rings. The average Bonchev–Trinajstić information content (AvgIpc) is 2.92. The highest BCUT2D eigenvalue weighted by atomic mass is 35.5. The number of aromatic nitrogens is 1. The zero-order chi connectivity index (χ0) is 28.3. The van der Waals surface area contributed by atoms with E-state index < -0.39 is 10.1 Å². The SMILES string of the molecule is CCCCCCCCCCNc1cccc2c(N3CCc4cc(Cl)ccc4C3=O)cncc12.CCS(=O)(=O)O. The minimum atomic E-state index is -3.66. The van der Waals surface area contributed by atoms with Crippen molar-refractivity contribution in [1.29, 1.82) is 0 Å². The van der Waals surface area contributed by atoms with Gasteiger partial charge in [-0.3, -0.25) is 14.3 Å². The molecule has 0 saturated heterocycles. The van der Waals surface area contributed by atoms with E-state index in [1.807, 2.05) is 29.4 Å². The molecule has 2 N–H and O–H groups in total. The number of benzene rings is 2. The van der Waals surface area contributed by atoms with Gasteiger partial charge in [0.25, 0.3) is 16.0 Å². The van der Waals surface area contributed by atoms with Crippen LogP contribution < -0.4 is 10.2 Å². The zero-order valence-electron chi connectivity index (χ0n) is 23.0. The molecule has 0 saturated carbocycles. The summed E-state index contributed by atoms with van der Waals surface area (Å²) in [5.74, 6) is -0.188. The molecule has 0 aliphatic carbocycles. The number of hydrogen-bond acceptors (Lipinski definition) is 5. The molecule has 0 atom stereocenters. The van der Waals surface area contributed by atoms with E-state index in [-0.39, 0.29) is 11.7 Å².